The zero-order valence-electron chi connectivity index (χ0n) is 11.6. The van der Waals surface area contributed by atoms with E-state index < -0.39 is 0 Å². The van der Waals surface area contributed by atoms with E-state index in [0.29, 0.717) is 18.6 Å². The van der Waals surface area contributed by atoms with Gasteiger partial charge in [0.05, 0.1) is 12.2 Å². The van der Waals surface area contributed by atoms with E-state index in [2.05, 4.69) is 17.1 Å². The number of aliphatic hydroxyl groups excluding tert-OH is 1. The van der Waals surface area contributed by atoms with Crippen LogP contribution in [-0.2, 0) is 4.74 Å². The van der Waals surface area contributed by atoms with Crippen LogP contribution >= 0.6 is 0 Å². The van der Waals surface area contributed by atoms with Crippen molar-refractivity contribution in [2.45, 2.75) is 44.8 Å². The molecule has 0 bridgehead atoms. The molecule has 3 atom stereocenters. The zero-order valence-corrected chi connectivity index (χ0v) is 11.6. The number of nitrogens with zero attached hydrogens (tertiary/aromatic N) is 1. The van der Waals surface area contributed by atoms with Gasteiger partial charge in [0.1, 0.15) is 0 Å². The van der Waals surface area contributed by atoms with Gasteiger partial charge in [0, 0.05) is 26.2 Å². The Labute approximate surface area is 111 Å². The van der Waals surface area contributed by atoms with Gasteiger partial charge in [-0.2, -0.15) is 0 Å². The Morgan fingerprint density at radius 2 is 2.17 bits per heavy atom. The van der Waals surface area contributed by atoms with Crippen LogP contribution in [-0.4, -0.2) is 61.5 Å². The van der Waals surface area contributed by atoms with Crippen molar-refractivity contribution in [1.29, 1.82) is 0 Å². The van der Waals surface area contributed by atoms with Gasteiger partial charge in [0.15, 0.2) is 0 Å². The average Bonchev–Trinajstić information content (AvgIpc) is 3.00. The smallest absolute Gasteiger partial charge is 0.0791 e. The van der Waals surface area contributed by atoms with Crippen LogP contribution in [0.2, 0.25) is 0 Å². The summed E-state index contributed by atoms with van der Waals surface area (Å²) in [4.78, 5) is 2.36. The standard InChI is InChI=1S/C14H28N2O2/c1-2-14-12(5-8-18-14)9-15-10-13(17)11-16-6-3-4-7-16/h12-15,17H,2-11H2,1H3. The molecule has 0 spiro atoms. The molecule has 2 aliphatic heterocycles. The maximum atomic E-state index is 9.97. The molecule has 0 saturated carbocycles. The van der Waals surface area contributed by atoms with Gasteiger partial charge >= 0.3 is 0 Å². The summed E-state index contributed by atoms with van der Waals surface area (Å²) in [7, 11) is 0. The lowest BCUT2D eigenvalue weighted by molar-refractivity contribution is 0.0842. The van der Waals surface area contributed by atoms with Crippen LogP contribution in [0.3, 0.4) is 0 Å². The van der Waals surface area contributed by atoms with E-state index in [-0.39, 0.29) is 6.10 Å². The van der Waals surface area contributed by atoms with Crippen molar-refractivity contribution in [3.63, 3.8) is 0 Å². The minimum atomic E-state index is -0.231. The highest BCUT2D eigenvalue weighted by Gasteiger charge is 2.26. The molecule has 0 aliphatic carbocycles. The van der Waals surface area contributed by atoms with E-state index in [1.807, 2.05) is 0 Å². The first-order valence-corrected chi connectivity index (χ1v) is 7.52. The van der Waals surface area contributed by atoms with E-state index in [1.165, 1.54) is 12.8 Å². The quantitative estimate of drug-likeness (QED) is 0.709. The lowest BCUT2D eigenvalue weighted by atomic mass is 10.00. The molecule has 4 nitrogen and oxygen atoms in total. The number of rotatable bonds is 7. The fraction of sp³-hybridized carbons (Fsp3) is 1.00. The van der Waals surface area contributed by atoms with E-state index in [1.54, 1.807) is 0 Å². The molecule has 0 aromatic heterocycles. The molecular weight excluding hydrogens is 228 g/mol. The number of hydrogen-bond donors (Lipinski definition) is 2. The van der Waals surface area contributed by atoms with Gasteiger partial charge in [-0.25, -0.2) is 0 Å². The second-order valence-electron chi connectivity index (χ2n) is 5.69. The maximum Gasteiger partial charge on any atom is 0.0791 e. The van der Waals surface area contributed by atoms with Crippen LogP contribution in [0, 0.1) is 5.92 Å². The lowest BCUT2D eigenvalue weighted by Gasteiger charge is -2.21. The highest BCUT2D eigenvalue weighted by molar-refractivity contribution is 4.78. The summed E-state index contributed by atoms with van der Waals surface area (Å²) in [6, 6.07) is 0. The minimum absolute atomic E-state index is 0.231. The summed E-state index contributed by atoms with van der Waals surface area (Å²) < 4.78 is 5.67. The van der Waals surface area contributed by atoms with Crippen molar-refractivity contribution < 1.29 is 9.84 Å². The maximum absolute atomic E-state index is 9.97. The first kappa shape index (κ1) is 14.3. The zero-order chi connectivity index (χ0) is 12.8. The summed E-state index contributed by atoms with van der Waals surface area (Å²) in [6.45, 7) is 7.92. The first-order chi connectivity index (χ1) is 8.79. The lowest BCUT2D eigenvalue weighted by Crippen LogP contribution is -2.39. The predicted molar refractivity (Wildman–Crippen MR) is 72.7 cm³/mol. The van der Waals surface area contributed by atoms with Crippen molar-refractivity contribution in [2.24, 2.45) is 5.92 Å². The van der Waals surface area contributed by atoms with Crippen molar-refractivity contribution in [1.82, 2.24) is 10.2 Å². The number of likely N-dealkylation sites (tertiary alicyclic amines) is 1. The predicted octanol–water partition coefficient (Wildman–Crippen LogP) is 0.848. The Morgan fingerprint density at radius 1 is 1.39 bits per heavy atom. The third-order valence-corrected chi connectivity index (χ3v) is 4.20. The molecule has 4 heteroatoms. The Morgan fingerprint density at radius 3 is 2.89 bits per heavy atom. The summed E-state index contributed by atoms with van der Waals surface area (Å²) in [6.07, 6.45) is 5.03. The Hall–Kier alpha value is -0.160. The normalized spacial score (nSPS) is 31.0. The van der Waals surface area contributed by atoms with Crippen LogP contribution in [0.4, 0.5) is 0 Å². The summed E-state index contributed by atoms with van der Waals surface area (Å²) in [5.74, 6) is 0.633. The van der Waals surface area contributed by atoms with Crippen LogP contribution in [0.25, 0.3) is 0 Å². The summed E-state index contributed by atoms with van der Waals surface area (Å²) >= 11 is 0. The third kappa shape index (κ3) is 4.19. The molecule has 2 fully saturated rings. The largest absolute Gasteiger partial charge is 0.390 e. The summed E-state index contributed by atoms with van der Waals surface area (Å²) in [5.41, 5.74) is 0. The molecule has 2 heterocycles. The summed E-state index contributed by atoms with van der Waals surface area (Å²) in [5, 5.41) is 13.4. The van der Waals surface area contributed by atoms with Gasteiger partial charge in [0.2, 0.25) is 0 Å². The van der Waals surface area contributed by atoms with Crippen molar-refractivity contribution in [3.05, 3.63) is 0 Å². The molecule has 3 unspecified atom stereocenters. The SMILES string of the molecule is CCC1OCCC1CNCC(O)CN1CCCC1. The third-order valence-electron chi connectivity index (χ3n) is 4.20. The van der Waals surface area contributed by atoms with Gasteiger partial charge < -0.3 is 20.1 Å². The molecule has 0 amide bonds. The minimum Gasteiger partial charge on any atom is -0.390 e. The van der Waals surface area contributed by atoms with Crippen molar-refractivity contribution >= 4 is 0 Å². The van der Waals surface area contributed by atoms with Crippen LogP contribution < -0.4 is 5.32 Å². The average molecular weight is 256 g/mol. The molecule has 106 valence electrons. The van der Waals surface area contributed by atoms with Crippen LogP contribution in [0.5, 0.6) is 0 Å². The highest BCUT2D eigenvalue weighted by atomic mass is 16.5. The molecule has 2 N–H and O–H groups in total. The van der Waals surface area contributed by atoms with E-state index in [0.717, 1.165) is 45.6 Å². The highest BCUT2D eigenvalue weighted by Crippen LogP contribution is 2.22. The molecule has 2 rings (SSSR count). The topological polar surface area (TPSA) is 44.7 Å². The molecule has 2 aliphatic rings. The number of hydrogen-bond acceptors (Lipinski definition) is 4. The van der Waals surface area contributed by atoms with Gasteiger partial charge in [-0.05, 0) is 44.7 Å². The van der Waals surface area contributed by atoms with E-state index >= 15 is 0 Å². The molecule has 0 aromatic carbocycles. The first-order valence-electron chi connectivity index (χ1n) is 7.52. The number of aliphatic hydroxyl groups is 1. The number of β-amino-alcohol motifs (C(OH)–C–C–N with tert-alkyl or cyclic N) is 1. The van der Waals surface area contributed by atoms with Crippen molar-refractivity contribution in [2.75, 3.05) is 39.3 Å². The fourth-order valence-corrected chi connectivity index (χ4v) is 3.14. The molecule has 0 aromatic rings. The molecule has 2 saturated heterocycles. The van der Waals surface area contributed by atoms with Crippen molar-refractivity contribution in [3.8, 4) is 0 Å². The van der Waals surface area contributed by atoms with Gasteiger partial charge in [0.25, 0.3) is 0 Å². The van der Waals surface area contributed by atoms with Gasteiger partial charge in [-0.3, -0.25) is 0 Å². The fourth-order valence-electron chi connectivity index (χ4n) is 3.14. The Balaban J connectivity index is 1.56. The molecular formula is C14H28N2O2. The van der Waals surface area contributed by atoms with E-state index in [4.69, 9.17) is 4.74 Å². The number of ether oxygens (including phenoxy) is 1. The molecule has 18 heavy (non-hydrogen) atoms. The van der Waals surface area contributed by atoms with Crippen LogP contribution in [0.1, 0.15) is 32.6 Å². The number of nitrogens with one attached hydrogen (secondary N) is 1. The van der Waals surface area contributed by atoms with Crippen LogP contribution in [0.15, 0.2) is 0 Å². The van der Waals surface area contributed by atoms with Gasteiger partial charge in [-0.15, -0.1) is 0 Å². The second-order valence-corrected chi connectivity index (χ2v) is 5.69. The van der Waals surface area contributed by atoms with E-state index in [9.17, 15) is 5.11 Å². The molecule has 0 radical (unpaired) electrons. The second kappa shape index (κ2) is 7.43. The van der Waals surface area contributed by atoms with Gasteiger partial charge in [-0.1, -0.05) is 6.92 Å². The Kier molecular flexibility index (Phi) is 5.89. The monoisotopic (exact) mass is 256 g/mol. The Bertz CT molecular complexity index is 232.